The number of carbonyl (C=O) groups is 1. The molecule has 0 aromatic heterocycles. The molecule has 0 aromatic carbocycles. The lowest BCUT2D eigenvalue weighted by Gasteiger charge is -2.38. The van der Waals surface area contributed by atoms with Crippen LogP contribution in [-0.4, -0.2) is 82.3 Å². The zero-order valence-electron chi connectivity index (χ0n) is 12.0. The Labute approximate surface area is 114 Å². The van der Waals surface area contributed by atoms with Crippen molar-refractivity contribution in [3.8, 4) is 0 Å². The number of hydrogen-bond donors (Lipinski definition) is 1. The summed E-state index contributed by atoms with van der Waals surface area (Å²) in [6, 6.07) is 0. The van der Waals surface area contributed by atoms with E-state index in [0.29, 0.717) is 32.7 Å². The van der Waals surface area contributed by atoms with Gasteiger partial charge in [-0.15, -0.1) is 0 Å². The molecule has 1 unspecified atom stereocenters. The number of esters is 1. The number of rotatable bonds is 5. The first-order valence-electron chi connectivity index (χ1n) is 6.18. The van der Waals surface area contributed by atoms with Gasteiger partial charge in [0.1, 0.15) is 5.54 Å². The van der Waals surface area contributed by atoms with Crippen LogP contribution in [0, 0.1) is 0 Å². The van der Waals surface area contributed by atoms with Crippen LogP contribution in [-0.2, 0) is 19.6 Å². The molecular weight excluding hydrogens is 270 g/mol. The molecule has 0 amide bonds. The number of likely N-dealkylation sites (N-methyl/N-ethyl adjacent to an activating group) is 1. The first-order chi connectivity index (χ1) is 8.73. The molecule has 1 fully saturated rings. The molecule has 0 saturated carbocycles. The van der Waals surface area contributed by atoms with E-state index < -0.39 is 15.6 Å². The number of methoxy groups -OCH3 is 1. The van der Waals surface area contributed by atoms with E-state index in [1.54, 1.807) is 14.0 Å². The maximum Gasteiger partial charge on any atom is 0.327 e. The van der Waals surface area contributed by atoms with Gasteiger partial charge in [0.05, 0.1) is 13.4 Å². The van der Waals surface area contributed by atoms with Gasteiger partial charge in [-0.2, -0.15) is 4.31 Å². The molecule has 1 aliphatic rings. The highest BCUT2D eigenvalue weighted by Crippen LogP contribution is 2.12. The third-order valence-electron chi connectivity index (χ3n) is 3.53. The number of piperazine rings is 1. The summed E-state index contributed by atoms with van der Waals surface area (Å²) in [5, 5.41) is 2.97. The zero-order chi connectivity index (χ0) is 14.7. The van der Waals surface area contributed by atoms with Gasteiger partial charge in [-0.25, -0.2) is 8.42 Å². The van der Waals surface area contributed by atoms with Gasteiger partial charge in [0.2, 0.25) is 10.0 Å². The normalized spacial score (nSPS) is 21.9. The summed E-state index contributed by atoms with van der Waals surface area (Å²) in [4.78, 5) is 13.8. The topological polar surface area (TPSA) is 79.0 Å². The molecule has 8 heteroatoms. The fourth-order valence-corrected chi connectivity index (χ4v) is 2.96. The molecule has 0 bridgehead atoms. The molecule has 7 nitrogen and oxygen atoms in total. The van der Waals surface area contributed by atoms with Crippen molar-refractivity contribution >= 4 is 16.0 Å². The van der Waals surface area contributed by atoms with Gasteiger partial charge in [-0.1, -0.05) is 0 Å². The van der Waals surface area contributed by atoms with Crippen molar-refractivity contribution < 1.29 is 17.9 Å². The van der Waals surface area contributed by atoms with Gasteiger partial charge >= 0.3 is 5.97 Å². The number of ether oxygens (including phenoxy) is 1. The van der Waals surface area contributed by atoms with Crippen LogP contribution in [0.5, 0.6) is 0 Å². The number of nitrogens with one attached hydrogen (secondary N) is 1. The van der Waals surface area contributed by atoms with E-state index in [2.05, 4.69) is 10.2 Å². The second-order valence-electron chi connectivity index (χ2n) is 5.01. The van der Waals surface area contributed by atoms with Gasteiger partial charge in [-0.05, 0) is 14.0 Å². The Hall–Kier alpha value is -0.700. The molecule has 1 N–H and O–H groups in total. The Morgan fingerprint density at radius 2 is 1.84 bits per heavy atom. The van der Waals surface area contributed by atoms with Crippen LogP contribution in [0.25, 0.3) is 0 Å². The molecular formula is C11H23N3O4S. The number of sulfonamides is 1. The van der Waals surface area contributed by atoms with Crippen LogP contribution in [0.1, 0.15) is 6.92 Å². The average molecular weight is 293 g/mol. The minimum absolute atomic E-state index is 0.319. The predicted octanol–water partition coefficient (Wildman–Crippen LogP) is -1.29. The van der Waals surface area contributed by atoms with Gasteiger partial charge in [0.15, 0.2) is 0 Å². The summed E-state index contributed by atoms with van der Waals surface area (Å²) in [5.41, 5.74) is -0.776. The van der Waals surface area contributed by atoms with Crippen LogP contribution in [0.3, 0.4) is 0 Å². The second kappa shape index (κ2) is 6.17. The molecule has 112 valence electrons. The molecule has 0 aliphatic carbocycles. The maximum absolute atomic E-state index is 11.7. The fraction of sp³-hybridized carbons (Fsp3) is 0.909. The smallest absolute Gasteiger partial charge is 0.327 e. The second-order valence-corrected chi connectivity index (χ2v) is 6.99. The van der Waals surface area contributed by atoms with Crippen LogP contribution >= 0.6 is 0 Å². The molecule has 0 radical (unpaired) electrons. The largest absolute Gasteiger partial charge is 0.468 e. The van der Waals surface area contributed by atoms with Crippen molar-refractivity contribution in [2.45, 2.75) is 12.5 Å². The third-order valence-corrected chi connectivity index (χ3v) is 4.83. The van der Waals surface area contributed by atoms with Crippen molar-refractivity contribution in [3.05, 3.63) is 0 Å². The lowest BCUT2D eigenvalue weighted by molar-refractivity contribution is -0.148. The van der Waals surface area contributed by atoms with Crippen LogP contribution in [0.15, 0.2) is 0 Å². The standard InChI is InChI=1S/C11H23N3O4S/c1-11(12-2,10(15)18-3)9-13-5-7-14(8-6-13)19(4,16)17/h12H,5-9H2,1-4H3. The van der Waals surface area contributed by atoms with Crippen LogP contribution in [0.2, 0.25) is 0 Å². The van der Waals surface area contributed by atoms with Crippen molar-refractivity contribution in [2.75, 3.05) is 53.1 Å². The van der Waals surface area contributed by atoms with Gasteiger partial charge in [0, 0.05) is 32.7 Å². The van der Waals surface area contributed by atoms with Crippen LogP contribution < -0.4 is 5.32 Å². The molecule has 1 rings (SSSR count). The van der Waals surface area contributed by atoms with Crippen molar-refractivity contribution in [1.82, 2.24) is 14.5 Å². The Balaban J connectivity index is 2.59. The van der Waals surface area contributed by atoms with E-state index in [9.17, 15) is 13.2 Å². The Kier molecular flexibility index (Phi) is 5.31. The Morgan fingerprint density at radius 3 is 2.21 bits per heavy atom. The molecule has 1 heterocycles. The SMILES string of the molecule is CNC(C)(CN1CCN(S(C)(=O)=O)CC1)C(=O)OC. The van der Waals surface area contributed by atoms with E-state index in [4.69, 9.17) is 4.74 Å². The summed E-state index contributed by atoms with van der Waals surface area (Å²) in [5.74, 6) is -0.319. The van der Waals surface area contributed by atoms with E-state index in [1.807, 2.05) is 0 Å². The monoisotopic (exact) mass is 293 g/mol. The summed E-state index contributed by atoms with van der Waals surface area (Å²) in [6.45, 7) is 4.41. The van der Waals surface area contributed by atoms with Gasteiger partial charge < -0.3 is 10.1 Å². The molecule has 0 aromatic rings. The van der Waals surface area contributed by atoms with E-state index in [-0.39, 0.29) is 5.97 Å². The number of carbonyl (C=O) groups excluding carboxylic acids is 1. The van der Waals surface area contributed by atoms with E-state index >= 15 is 0 Å². The van der Waals surface area contributed by atoms with Gasteiger partial charge in [0.25, 0.3) is 0 Å². The van der Waals surface area contributed by atoms with Crippen molar-refractivity contribution in [2.24, 2.45) is 0 Å². The number of nitrogens with zero attached hydrogens (tertiary/aromatic N) is 2. The Bertz CT molecular complexity index is 418. The number of hydrogen-bond acceptors (Lipinski definition) is 6. The van der Waals surface area contributed by atoms with Gasteiger partial charge in [-0.3, -0.25) is 9.69 Å². The van der Waals surface area contributed by atoms with Crippen molar-refractivity contribution in [3.63, 3.8) is 0 Å². The third kappa shape index (κ3) is 4.13. The molecule has 19 heavy (non-hydrogen) atoms. The summed E-state index contributed by atoms with van der Waals surface area (Å²) in [7, 11) is -0.0475. The highest BCUT2D eigenvalue weighted by Gasteiger charge is 2.36. The zero-order valence-corrected chi connectivity index (χ0v) is 12.8. The molecule has 1 atom stereocenters. The summed E-state index contributed by atoms with van der Waals surface area (Å²) in [6.07, 6.45) is 1.22. The summed E-state index contributed by atoms with van der Waals surface area (Å²) < 4.78 is 29.1. The predicted molar refractivity (Wildman–Crippen MR) is 72.3 cm³/mol. The quantitative estimate of drug-likeness (QED) is 0.636. The minimum atomic E-state index is -3.12. The molecule has 0 spiro atoms. The first-order valence-corrected chi connectivity index (χ1v) is 8.02. The maximum atomic E-state index is 11.7. The summed E-state index contributed by atoms with van der Waals surface area (Å²) >= 11 is 0. The van der Waals surface area contributed by atoms with E-state index in [1.165, 1.54) is 17.7 Å². The van der Waals surface area contributed by atoms with E-state index in [0.717, 1.165) is 0 Å². The van der Waals surface area contributed by atoms with Crippen molar-refractivity contribution in [1.29, 1.82) is 0 Å². The van der Waals surface area contributed by atoms with Crippen LogP contribution in [0.4, 0.5) is 0 Å². The first kappa shape index (κ1) is 16.4. The molecule has 1 aliphatic heterocycles. The Morgan fingerprint density at radius 1 is 1.32 bits per heavy atom. The fourth-order valence-electron chi connectivity index (χ4n) is 2.14. The highest BCUT2D eigenvalue weighted by molar-refractivity contribution is 7.88. The lowest BCUT2D eigenvalue weighted by atomic mass is 10.0. The average Bonchev–Trinajstić information content (AvgIpc) is 2.37. The lowest BCUT2D eigenvalue weighted by Crippen LogP contribution is -2.59. The highest BCUT2D eigenvalue weighted by atomic mass is 32.2. The minimum Gasteiger partial charge on any atom is -0.468 e. The molecule has 1 saturated heterocycles.